The van der Waals surface area contributed by atoms with Gasteiger partial charge in [0.15, 0.2) is 0 Å². The number of carbonyl (C=O) groups excluding carboxylic acids is 2. The number of hydrogen-bond acceptors (Lipinski definition) is 4. The molecule has 0 atom stereocenters. The lowest BCUT2D eigenvalue weighted by molar-refractivity contribution is 0.0537. The number of benzene rings is 2. The van der Waals surface area contributed by atoms with E-state index in [9.17, 15) is 14.0 Å². The number of hydrogen-bond donors (Lipinski definition) is 0. The molecule has 2 heterocycles. The highest BCUT2D eigenvalue weighted by atomic mass is 35.5. The average molecular weight is 458 g/mol. The van der Waals surface area contributed by atoms with Crippen LogP contribution in [-0.4, -0.2) is 52.8 Å². The van der Waals surface area contributed by atoms with Crippen molar-refractivity contribution in [3.8, 4) is 0 Å². The van der Waals surface area contributed by atoms with Gasteiger partial charge >= 0.3 is 0 Å². The van der Waals surface area contributed by atoms with Crippen LogP contribution in [0.4, 0.5) is 4.39 Å². The van der Waals surface area contributed by atoms with Gasteiger partial charge in [0.2, 0.25) is 0 Å². The van der Waals surface area contributed by atoms with Crippen LogP contribution in [0, 0.1) is 12.7 Å². The van der Waals surface area contributed by atoms with Crippen LogP contribution < -0.4 is 0 Å². The molecule has 160 valence electrons. The van der Waals surface area contributed by atoms with E-state index < -0.39 is 5.82 Å². The van der Waals surface area contributed by atoms with Gasteiger partial charge in [0, 0.05) is 32.6 Å². The van der Waals surface area contributed by atoms with Gasteiger partial charge in [-0.1, -0.05) is 41.9 Å². The summed E-state index contributed by atoms with van der Waals surface area (Å²) in [5, 5.41) is 1.00. The average Bonchev–Trinajstić information content (AvgIpc) is 3.13. The SMILES string of the molecule is Cc1nc(Cc2ccccc2)sc1C(=O)N1CCN(C(=O)c2ccc(F)cc2Cl)CC1. The van der Waals surface area contributed by atoms with Gasteiger partial charge in [0.05, 0.1) is 21.3 Å². The van der Waals surface area contributed by atoms with Crippen LogP contribution in [-0.2, 0) is 6.42 Å². The summed E-state index contributed by atoms with van der Waals surface area (Å²) >= 11 is 7.45. The zero-order valence-corrected chi connectivity index (χ0v) is 18.5. The van der Waals surface area contributed by atoms with Crippen molar-refractivity contribution in [3.63, 3.8) is 0 Å². The van der Waals surface area contributed by atoms with Crippen molar-refractivity contribution in [1.82, 2.24) is 14.8 Å². The molecule has 3 aromatic rings. The molecule has 1 fully saturated rings. The molecular formula is C23H21ClFN3O2S. The molecule has 0 radical (unpaired) electrons. The monoisotopic (exact) mass is 457 g/mol. The smallest absolute Gasteiger partial charge is 0.265 e. The molecule has 1 aliphatic heterocycles. The zero-order chi connectivity index (χ0) is 22.0. The van der Waals surface area contributed by atoms with Crippen molar-refractivity contribution >= 4 is 34.8 Å². The third kappa shape index (κ3) is 4.78. The van der Waals surface area contributed by atoms with E-state index in [1.165, 1.54) is 23.5 Å². The molecule has 1 aliphatic rings. The molecule has 0 spiro atoms. The Balaban J connectivity index is 1.40. The zero-order valence-electron chi connectivity index (χ0n) is 17.0. The second kappa shape index (κ2) is 9.16. The predicted octanol–water partition coefficient (Wildman–Crippen LogP) is 4.43. The molecule has 0 aliphatic carbocycles. The summed E-state index contributed by atoms with van der Waals surface area (Å²) in [6.07, 6.45) is 0.695. The maximum absolute atomic E-state index is 13.3. The van der Waals surface area contributed by atoms with Crippen molar-refractivity contribution in [2.24, 2.45) is 0 Å². The topological polar surface area (TPSA) is 53.5 Å². The first-order valence-electron chi connectivity index (χ1n) is 9.96. The second-order valence-corrected chi connectivity index (χ2v) is 8.88. The minimum absolute atomic E-state index is 0.0544. The lowest BCUT2D eigenvalue weighted by atomic mass is 10.1. The highest BCUT2D eigenvalue weighted by Gasteiger charge is 2.28. The largest absolute Gasteiger partial charge is 0.335 e. The summed E-state index contributed by atoms with van der Waals surface area (Å²) in [4.78, 5) is 34.4. The molecule has 1 saturated heterocycles. The minimum atomic E-state index is -0.483. The molecular weight excluding hydrogens is 437 g/mol. The highest BCUT2D eigenvalue weighted by Crippen LogP contribution is 2.24. The van der Waals surface area contributed by atoms with Gasteiger partial charge in [0.1, 0.15) is 10.7 Å². The van der Waals surface area contributed by atoms with Crippen molar-refractivity contribution in [2.45, 2.75) is 13.3 Å². The summed E-state index contributed by atoms with van der Waals surface area (Å²) in [6.45, 7) is 3.50. The number of piperazine rings is 1. The first-order chi connectivity index (χ1) is 14.9. The minimum Gasteiger partial charge on any atom is -0.335 e. The van der Waals surface area contributed by atoms with Crippen LogP contribution in [0.25, 0.3) is 0 Å². The molecule has 4 rings (SSSR count). The van der Waals surface area contributed by atoms with Crippen molar-refractivity contribution in [2.75, 3.05) is 26.2 Å². The Morgan fingerprint density at radius 2 is 1.68 bits per heavy atom. The van der Waals surface area contributed by atoms with Crippen LogP contribution >= 0.6 is 22.9 Å². The Hall–Kier alpha value is -2.77. The second-order valence-electron chi connectivity index (χ2n) is 7.39. The molecule has 8 heteroatoms. The van der Waals surface area contributed by atoms with Crippen LogP contribution in [0.3, 0.4) is 0 Å². The van der Waals surface area contributed by atoms with Gasteiger partial charge in [-0.15, -0.1) is 11.3 Å². The molecule has 2 aromatic carbocycles. The molecule has 5 nitrogen and oxygen atoms in total. The Labute approximate surface area is 189 Å². The maximum Gasteiger partial charge on any atom is 0.265 e. The lowest BCUT2D eigenvalue weighted by Gasteiger charge is -2.34. The Morgan fingerprint density at radius 1 is 1.03 bits per heavy atom. The van der Waals surface area contributed by atoms with Crippen LogP contribution in [0.1, 0.15) is 36.3 Å². The quantitative estimate of drug-likeness (QED) is 0.582. The van der Waals surface area contributed by atoms with Gasteiger partial charge in [0.25, 0.3) is 11.8 Å². The summed E-state index contributed by atoms with van der Waals surface area (Å²) in [7, 11) is 0. The summed E-state index contributed by atoms with van der Waals surface area (Å²) in [5.74, 6) is -0.791. The normalized spacial score (nSPS) is 14.0. The van der Waals surface area contributed by atoms with E-state index in [0.29, 0.717) is 37.5 Å². The Bertz CT molecular complexity index is 1110. The number of amides is 2. The first kappa shape index (κ1) is 21.5. The molecule has 0 unspecified atom stereocenters. The van der Waals surface area contributed by atoms with E-state index in [0.717, 1.165) is 22.3 Å². The number of thiazole rings is 1. The molecule has 2 amide bonds. The number of nitrogens with zero attached hydrogens (tertiary/aromatic N) is 3. The Morgan fingerprint density at radius 3 is 2.32 bits per heavy atom. The van der Waals surface area contributed by atoms with Crippen LogP contribution in [0.5, 0.6) is 0 Å². The molecule has 0 bridgehead atoms. The number of halogens is 2. The van der Waals surface area contributed by atoms with E-state index in [-0.39, 0.29) is 22.4 Å². The fourth-order valence-corrected chi connectivity index (χ4v) is 4.90. The summed E-state index contributed by atoms with van der Waals surface area (Å²) in [6, 6.07) is 13.8. The van der Waals surface area contributed by atoms with Crippen LogP contribution in [0.2, 0.25) is 5.02 Å². The van der Waals surface area contributed by atoms with E-state index in [2.05, 4.69) is 4.98 Å². The maximum atomic E-state index is 13.3. The Kier molecular flexibility index (Phi) is 6.34. The summed E-state index contributed by atoms with van der Waals surface area (Å²) < 4.78 is 13.3. The number of aryl methyl sites for hydroxylation is 1. The molecule has 0 N–H and O–H groups in total. The predicted molar refractivity (Wildman–Crippen MR) is 119 cm³/mol. The fraction of sp³-hybridized carbons (Fsp3) is 0.261. The number of rotatable bonds is 4. The van der Waals surface area contributed by atoms with Crippen LogP contribution in [0.15, 0.2) is 48.5 Å². The number of carbonyl (C=O) groups is 2. The summed E-state index contributed by atoms with van der Waals surface area (Å²) in [5.41, 5.74) is 2.16. The van der Waals surface area contributed by atoms with Crippen molar-refractivity contribution in [3.05, 3.63) is 86.1 Å². The number of aromatic nitrogens is 1. The third-order valence-corrected chi connectivity index (χ3v) is 6.71. The van der Waals surface area contributed by atoms with Gasteiger partial charge < -0.3 is 9.80 Å². The van der Waals surface area contributed by atoms with Gasteiger partial charge in [-0.3, -0.25) is 9.59 Å². The fourth-order valence-electron chi connectivity index (χ4n) is 3.59. The molecule has 31 heavy (non-hydrogen) atoms. The van der Waals surface area contributed by atoms with E-state index in [1.54, 1.807) is 9.80 Å². The first-order valence-corrected chi connectivity index (χ1v) is 11.2. The van der Waals surface area contributed by atoms with E-state index in [1.807, 2.05) is 37.3 Å². The third-order valence-electron chi connectivity index (χ3n) is 5.25. The van der Waals surface area contributed by atoms with Crippen molar-refractivity contribution in [1.29, 1.82) is 0 Å². The lowest BCUT2D eigenvalue weighted by Crippen LogP contribution is -2.50. The molecule has 1 aromatic heterocycles. The van der Waals surface area contributed by atoms with Crippen molar-refractivity contribution < 1.29 is 14.0 Å². The van der Waals surface area contributed by atoms with Gasteiger partial charge in [-0.2, -0.15) is 0 Å². The standard InChI is InChI=1S/C23H21ClFN3O2S/c1-15-21(31-20(26-15)13-16-5-3-2-4-6-16)23(30)28-11-9-27(10-12-28)22(29)18-8-7-17(25)14-19(18)24/h2-8,14H,9-13H2,1H3. The van der Waals surface area contributed by atoms with Gasteiger partial charge in [-0.05, 0) is 30.7 Å². The van der Waals surface area contributed by atoms with Gasteiger partial charge in [-0.25, -0.2) is 9.37 Å². The van der Waals surface area contributed by atoms with E-state index in [4.69, 9.17) is 11.6 Å². The van der Waals surface area contributed by atoms with E-state index >= 15 is 0 Å². The molecule has 0 saturated carbocycles. The highest BCUT2D eigenvalue weighted by molar-refractivity contribution is 7.13.